The number of nitrogens with zero attached hydrogens (tertiary/aromatic N) is 1. The van der Waals surface area contributed by atoms with Gasteiger partial charge in [-0.25, -0.2) is 4.98 Å². The molecule has 4 N–H and O–H groups in total. The number of anilines is 2. The lowest BCUT2D eigenvalue weighted by molar-refractivity contribution is 0.0274. The van der Waals surface area contributed by atoms with Gasteiger partial charge >= 0.3 is 0 Å². The van der Waals surface area contributed by atoms with Gasteiger partial charge in [0.05, 0.1) is 12.1 Å². The number of hydrogen-bond acceptors (Lipinski definition) is 6. The number of thiazole rings is 1. The van der Waals surface area contributed by atoms with E-state index in [-0.39, 0.29) is 17.3 Å². The molecule has 1 fully saturated rings. The summed E-state index contributed by atoms with van der Waals surface area (Å²) in [4.78, 5) is 17.0. The van der Waals surface area contributed by atoms with Gasteiger partial charge in [-0.05, 0) is 26.2 Å². The zero-order valence-electron chi connectivity index (χ0n) is 12.0. The number of hydrogen-bond donors (Lipinski definition) is 3. The van der Waals surface area contributed by atoms with E-state index in [2.05, 4.69) is 22.5 Å². The Morgan fingerprint density at radius 2 is 2.40 bits per heavy atom. The molecule has 7 heteroatoms. The van der Waals surface area contributed by atoms with Gasteiger partial charge < -0.3 is 21.1 Å². The number of ether oxygens (including phenoxy) is 1. The molecule has 0 saturated carbocycles. The maximum absolute atomic E-state index is 12.3. The first-order valence-electron chi connectivity index (χ1n) is 6.94. The van der Waals surface area contributed by atoms with Crippen LogP contribution in [-0.2, 0) is 4.74 Å². The van der Waals surface area contributed by atoms with Crippen molar-refractivity contribution >= 4 is 28.2 Å². The van der Waals surface area contributed by atoms with Crippen molar-refractivity contribution in [1.29, 1.82) is 0 Å². The Morgan fingerprint density at radius 3 is 3.05 bits per heavy atom. The molecule has 1 aromatic rings. The summed E-state index contributed by atoms with van der Waals surface area (Å²) in [5.41, 5.74) is 5.51. The minimum Gasteiger partial charge on any atom is -0.382 e. The van der Waals surface area contributed by atoms with E-state index >= 15 is 0 Å². The molecule has 0 aliphatic carbocycles. The van der Waals surface area contributed by atoms with Crippen LogP contribution < -0.4 is 16.4 Å². The maximum atomic E-state index is 12.3. The zero-order valence-corrected chi connectivity index (χ0v) is 12.8. The Hall–Kier alpha value is -1.34. The first kappa shape index (κ1) is 15.1. The summed E-state index contributed by atoms with van der Waals surface area (Å²) >= 11 is 1.29. The highest BCUT2D eigenvalue weighted by Crippen LogP contribution is 2.26. The van der Waals surface area contributed by atoms with E-state index in [1.807, 2.05) is 6.92 Å². The van der Waals surface area contributed by atoms with Crippen molar-refractivity contribution in [3.8, 4) is 0 Å². The van der Waals surface area contributed by atoms with Gasteiger partial charge in [-0.3, -0.25) is 4.79 Å². The molecule has 1 unspecified atom stereocenters. The SMILES string of the molecule is CCCNc1nc(N)c(C(=O)NC2(C)CCCOC2)s1. The highest BCUT2D eigenvalue weighted by Gasteiger charge is 2.31. The van der Waals surface area contributed by atoms with E-state index in [9.17, 15) is 4.79 Å². The second kappa shape index (κ2) is 6.41. The van der Waals surface area contributed by atoms with E-state index < -0.39 is 0 Å². The van der Waals surface area contributed by atoms with Crippen LogP contribution in [0.5, 0.6) is 0 Å². The molecule has 2 heterocycles. The fourth-order valence-corrected chi connectivity index (χ4v) is 2.97. The molecule has 112 valence electrons. The molecule has 0 radical (unpaired) electrons. The molecular weight excluding hydrogens is 276 g/mol. The highest BCUT2D eigenvalue weighted by atomic mass is 32.1. The van der Waals surface area contributed by atoms with E-state index in [1.54, 1.807) is 0 Å². The predicted molar refractivity (Wildman–Crippen MR) is 81.2 cm³/mol. The number of carbonyl (C=O) groups excluding carboxylic acids is 1. The van der Waals surface area contributed by atoms with Crippen molar-refractivity contribution in [3.63, 3.8) is 0 Å². The summed E-state index contributed by atoms with van der Waals surface area (Å²) in [6.45, 7) is 6.19. The number of rotatable bonds is 5. The van der Waals surface area contributed by atoms with Crippen LogP contribution in [0, 0.1) is 0 Å². The van der Waals surface area contributed by atoms with E-state index in [1.165, 1.54) is 11.3 Å². The van der Waals surface area contributed by atoms with Crippen molar-refractivity contribution in [3.05, 3.63) is 4.88 Å². The smallest absolute Gasteiger partial charge is 0.265 e. The van der Waals surface area contributed by atoms with E-state index in [0.717, 1.165) is 32.4 Å². The van der Waals surface area contributed by atoms with Crippen LogP contribution in [-0.4, -0.2) is 36.2 Å². The zero-order chi connectivity index (χ0) is 14.6. The van der Waals surface area contributed by atoms with Gasteiger partial charge in [-0.15, -0.1) is 0 Å². The molecule has 1 aliphatic heterocycles. The molecular formula is C13H22N4O2S. The second-order valence-electron chi connectivity index (χ2n) is 5.33. The minimum absolute atomic E-state index is 0.169. The number of nitrogen functional groups attached to an aromatic ring is 1. The molecule has 0 spiro atoms. The number of amides is 1. The van der Waals surface area contributed by atoms with Gasteiger partial charge in [0.2, 0.25) is 0 Å². The number of nitrogens with two attached hydrogens (primary N) is 1. The lowest BCUT2D eigenvalue weighted by atomic mass is 9.95. The third-order valence-electron chi connectivity index (χ3n) is 3.24. The summed E-state index contributed by atoms with van der Waals surface area (Å²) in [5, 5.41) is 6.86. The van der Waals surface area contributed by atoms with Crippen LogP contribution in [0.1, 0.15) is 42.8 Å². The van der Waals surface area contributed by atoms with Crippen molar-refractivity contribution in [2.24, 2.45) is 0 Å². The first-order valence-corrected chi connectivity index (χ1v) is 7.76. The predicted octanol–water partition coefficient (Wildman–Crippen LogP) is 1.85. The largest absolute Gasteiger partial charge is 0.382 e. The fraction of sp³-hybridized carbons (Fsp3) is 0.692. The van der Waals surface area contributed by atoms with Crippen LogP contribution >= 0.6 is 11.3 Å². The lowest BCUT2D eigenvalue weighted by Crippen LogP contribution is -2.51. The van der Waals surface area contributed by atoms with Crippen molar-refractivity contribution < 1.29 is 9.53 Å². The van der Waals surface area contributed by atoms with Crippen LogP contribution in [0.2, 0.25) is 0 Å². The second-order valence-corrected chi connectivity index (χ2v) is 6.33. The molecule has 0 aromatic carbocycles. The van der Waals surface area contributed by atoms with Gasteiger partial charge in [0.15, 0.2) is 5.13 Å². The topological polar surface area (TPSA) is 89.3 Å². The average molecular weight is 298 g/mol. The normalized spacial score (nSPS) is 22.5. The Bertz CT molecular complexity index is 469. The third kappa shape index (κ3) is 3.61. The van der Waals surface area contributed by atoms with Gasteiger partial charge in [0.25, 0.3) is 5.91 Å². The number of aromatic nitrogens is 1. The average Bonchev–Trinajstić information content (AvgIpc) is 2.78. The maximum Gasteiger partial charge on any atom is 0.265 e. The van der Waals surface area contributed by atoms with Gasteiger partial charge in [0.1, 0.15) is 10.7 Å². The Kier molecular flexibility index (Phi) is 4.82. The minimum atomic E-state index is -0.317. The molecule has 1 aromatic heterocycles. The Balaban J connectivity index is 2.03. The summed E-state index contributed by atoms with van der Waals surface area (Å²) in [7, 11) is 0. The summed E-state index contributed by atoms with van der Waals surface area (Å²) in [5.74, 6) is 0.115. The molecule has 1 atom stereocenters. The van der Waals surface area contributed by atoms with Crippen LogP contribution in [0.25, 0.3) is 0 Å². The van der Waals surface area contributed by atoms with E-state index in [4.69, 9.17) is 10.5 Å². The quantitative estimate of drug-likeness (QED) is 0.772. The highest BCUT2D eigenvalue weighted by molar-refractivity contribution is 7.18. The molecule has 6 nitrogen and oxygen atoms in total. The standard InChI is InChI=1S/C13H22N4O2S/c1-3-6-15-12-16-10(14)9(20-12)11(18)17-13(2)5-4-7-19-8-13/h3-8,14H2,1-2H3,(H,15,16)(H,17,18). The fourth-order valence-electron chi connectivity index (χ4n) is 2.17. The van der Waals surface area contributed by atoms with E-state index in [0.29, 0.717) is 16.6 Å². The number of carbonyl (C=O) groups is 1. The summed E-state index contributed by atoms with van der Waals surface area (Å²) < 4.78 is 5.44. The van der Waals surface area contributed by atoms with Crippen molar-refractivity contribution in [2.75, 3.05) is 30.8 Å². The van der Waals surface area contributed by atoms with Crippen molar-refractivity contribution in [1.82, 2.24) is 10.3 Å². The summed E-state index contributed by atoms with van der Waals surface area (Å²) in [6.07, 6.45) is 2.87. The molecule has 0 bridgehead atoms. The Labute approximate surface area is 123 Å². The van der Waals surface area contributed by atoms with Gasteiger partial charge in [-0.2, -0.15) is 0 Å². The van der Waals surface area contributed by atoms with Crippen LogP contribution in [0.15, 0.2) is 0 Å². The molecule has 2 rings (SSSR count). The van der Waals surface area contributed by atoms with Gasteiger partial charge in [-0.1, -0.05) is 18.3 Å². The summed E-state index contributed by atoms with van der Waals surface area (Å²) in [6, 6.07) is 0. The third-order valence-corrected chi connectivity index (χ3v) is 4.27. The molecule has 1 aliphatic rings. The monoisotopic (exact) mass is 298 g/mol. The first-order chi connectivity index (χ1) is 9.54. The molecule has 1 saturated heterocycles. The Morgan fingerprint density at radius 1 is 1.60 bits per heavy atom. The van der Waals surface area contributed by atoms with Crippen LogP contribution in [0.3, 0.4) is 0 Å². The van der Waals surface area contributed by atoms with Gasteiger partial charge in [0, 0.05) is 13.2 Å². The van der Waals surface area contributed by atoms with Crippen molar-refractivity contribution in [2.45, 2.75) is 38.6 Å². The number of nitrogens with one attached hydrogen (secondary N) is 2. The lowest BCUT2D eigenvalue weighted by Gasteiger charge is -2.34. The molecule has 20 heavy (non-hydrogen) atoms. The van der Waals surface area contributed by atoms with Crippen LogP contribution in [0.4, 0.5) is 10.9 Å². The molecule has 1 amide bonds.